The van der Waals surface area contributed by atoms with E-state index in [1.54, 1.807) is 0 Å². The molecule has 0 fully saturated rings. The van der Waals surface area contributed by atoms with Gasteiger partial charge in [-0.3, -0.25) is 4.70 Å². The second-order valence-corrected chi connectivity index (χ2v) is 0. The highest BCUT2D eigenvalue weighted by Crippen LogP contribution is 0.420. The zero-order chi connectivity index (χ0) is 0. The van der Waals surface area contributed by atoms with Gasteiger partial charge in [-0.05, 0) is 11.0 Å². The van der Waals surface area contributed by atoms with Crippen LogP contribution in [0, 0.1) is 0 Å². The van der Waals surface area contributed by atoms with Crippen molar-refractivity contribution in [1.29, 1.82) is 0 Å². The van der Waals surface area contributed by atoms with Gasteiger partial charge >= 0.3 is 0 Å². The van der Waals surface area contributed by atoms with E-state index in [0.29, 0.717) is 0 Å². The van der Waals surface area contributed by atoms with E-state index < -0.39 is 0 Å². The fourth-order valence-electron chi connectivity index (χ4n) is 0. The topological polar surface area (TPSA) is 94.5 Å². The minimum absolute atomic E-state index is 0. The van der Waals surface area contributed by atoms with Gasteiger partial charge in [0, 0.05) is 0 Å². The van der Waals surface area contributed by atoms with E-state index in [0.717, 1.165) is 0 Å². The third-order valence-corrected chi connectivity index (χ3v) is 0. The maximum atomic E-state index is 0. The summed E-state index contributed by atoms with van der Waals surface area (Å²) in [5, 5.41) is 0. The molecule has 3 nitrogen and oxygen atoms in total. The molecular formula is H14AlFO3Si. The molecule has 6 heavy (non-hydrogen) atoms. The lowest BCUT2D eigenvalue weighted by atomic mass is 16.0. The van der Waals surface area contributed by atoms with Crippen LogP contribution in [0.1, 0.15) is 0 Å². The zero-order valence-corrected chi connectivity index (χ0v) is 1.91. The molecule has 0 unspecified atom stereocenters. The van der Waals surface area contributed by atoms with Crippen molar-refractivity contribution in [3.8, 4) is 0 Å². The van der Waals surface area contributed by atoms with Crippen LogP contribution >= 0.6 is 0 Å². The quantitative estimate of drug-likeness (QED) is 0.298. The maximum Gasteiger partial charge on any atom is 0.187 e. The Morgan fingerprint density at radius 2 is 0.667 bits per heavy atom. The molecule has 0 bridgehead atoms. The Morgan fingerprint density at radius 3 is 0.667 bits per heavy atom. The molecule has 0 aliphatic carbocycles. The Morgan fingerprint density at radius 1 is 0.667 bits per heavy atom. The predicted octanol–water partition coefficient (Wildman–Crippen LogP) is -4.96. The van der Waals surface area contributed by atoms with Crippen molar-refractivity contribution >= 4 is 28.3 Å². The molecule has 0 radical (unpaired) electrons. The van der Waals surface area contributed by atoms with Gasteiger partial charge in [0.1, 0.15) is 0 Å². The van der Waals surface area contributed by atoms with Gasteiger partial charge in [0.15, 0.2) is 17.4 Å². The van der Waals surface area contributed by atoms with Gasteiger partial charge in [-0.1, -0.05) is 0 Å². The molecule has 0 saturated heterocycles. The van der Waals surface area contributed by atoms with Crippen LogP contribution in [0.25, 0.3) is 0 Å². The van der Waals surface area contributed by atoms with Gasteiger partial charge in [-0.2, -0.15) is 0 Å². The van der Waals surface area contributed by atoms with Crippen LogP contribution < -0.4 is 0 Å². The van der Waals surface area contributed by atoms with Crippen LogP contribution in [0.4, 0.5) is 4.70 Å². The molecule has 0 aromatic heterocycles. The van der Waals surface area contributed by atoms with Gasteiger partial charge in [0.2, 0.25) is 0 Å². The van der Waals surface area contributed by atoms with Gasteiger partial charge in [-0.15, -0.1) is 0 Å². The fourth-order valence-corrected chi connectivity index (χ4v) is 0. The average Bonchev–Trinajstić information content (AvgIpc) is 0. The molecule has 0 amide bonds. The summed E-state index contributed by atoms with van der Waals surface area (Å²) in [5.74, 6) is 0. The summed E-state index contributed by atoms with van der Waals surface area (Å²) < 4.78 is 0. The third-order valence-electron chi connectivity index (χ3n) is 0. The molecule has 0 aliphatic rings. The lowest BCUT2D eigenvalue weighted by Crippen LogP contribution is -0.382. The third kappa shape index (κ3) is 185. The van der Waals surface area contributed by atoms with Crippen LogP contribution in [0.15, 0.2) is 0 Å². The van der Waals surface area contributed by atoms with E-state index in [1.165, 1.54) is 0 Å². The fraction of sp³-hybridized carbons (Fsp3) is 0. The molecule has 0 rings (SSSR count). The smallest absolute Gasteiger partial charge is 0.187 e. The van der Waals surface area contributed by atoms with Gasteiger partial charge in [-0.25, -0.2) is 0 Å². The van der Waals surface area contributed by atoms with E-state index in [-0.39, 0.29) is 49.5 Å². The highest BCUT2D eigenvalue weighted by atomic mass is 28.1. The van der Waals surface area contributed by atoms with Crippen LogP contribution in [-0.4, -0.2) is 44.8 Å². The summed E-state index contributed by atoms with van der Waals surface area (Å²) >= 11 is 0. The first kappa shape index (κ1) is 648. The summed E-state index contributed by atoms with van der Waals surface area (Å²) in [4.78, 5) is 0. The van der Waals surface area contributed by atoms with Crippen molar-refractivity contribution in [2.45, 2.75) is 0 Å². The van der Waals surface area contributed by atoms with E-state index in [4.69, 9.17) is 0 Å². The number of halogens is 1. The monoisotopic (exact) mass is 136 g/mol. The molecule has 46 valence electrons. The first-order valence-corrected chi connectivity index (χ1v) is 0. The van der Waals surface area contributed by atoms with E-state index >= 15 is 0 Å². The standard InChI is InChI=1S/Al.FH.3H2O.H4Si.3H/h;1H;3*1H2;1H4;;;. The van der Waals surface area contributed by atoms with Crippen molar-refractivity contribution in [2.24, 2.45) is 0 Å². The highest BCUT2D eigenvalue weighted by molar-refractivity contribution is 5.76. The Kier molecular flexibility index (Phi) is 39900. The van der Waals surface area contributed by atoms with E-state index in [9.17, 15) is 0 Å². The molecule has 0 aromatic rings. The normalized spacial score (nSPS) is 0. The van der Waals surface area contributed by atoms with E-state index in [1.807, 2.05) is 0 Å². The number of hydrogen-bond acceptors (Lipinski definition) is 0. The summed E-state index contributed by atoms with van der Waals surface area (Å²) in [6.45, 7) is 0. The molecular weight excluding hydrogens is 122 g/mol. The minimum Gasteiger partial charge on any atom is -0.412 e. The van der Waals surface area contributed by atoms with Gasteiger partial charge in [0.05, 0.1) is 0 Å². The van der Waals surface area contributed by atoms with Crippen LogP contribution in [-0.2, 0) is 0 Å². The molecule has 0 spiro atoms. The largest absolute Gasteiger partial charge is 0.412 e. The Hall–Kier alpha value is 0.559. The van der Waals surface area contributed by atoms with Crippen LogP contribution in [0.5, 0.6) is 0 Å². The van der Waals surface area contributed by atoms with Crippen molar-refractivity contribution in [1.82, 2.24) is 0 Å². The zero-order valence-electron chi connectivity index (χ0n) is 1.91. The van der Waals surface area contributed by atoms with Gasteiger partial charge < -0.3 is 16.4 Å². The maximum absolute atomic E-state index is 0. The summed E-state index contributed by atoms with van der Waals surface area (Å²) in [6, 6.07) is 0. The molecule has 0 heterocycles. The van der Waals surface area contributed by atoms with Crippen molar-refractivity contribution in [3.63, 3.8) is 0 Å². The highest BCUT2D eigenvalue weighted by Gasteiger charge is 0.187. The van der Waals surface area contributed by atoms with Crippen molar-refractivity contribution < 1.29 is 21.1 Å². The first-order valence-electron chi connectivity index (χ1n) is 0. The first-order chi connectivity index (χ1) is 0. The molecule has 0 aliphatic heterocycles. The molecule has 0 atom stereocenters. The second-order valence-electron chi connectivity index (χ2n) is 0. The average molecular weight is 136 g/mol. The molecule has 0 saturated carbocycles. The summed E-state index contributed by atoms with van der Waals surface area (Å²) in [7, 11) is 0. The SMILES string of the molecule is F.O.O.O.[AlH3].[SiH4]. The molecule has 0 aromatic carbocycles. The van der Waals surface area contributed by atoms with Crippen LogP contribution in [0.2, 0.25) is 0 Å². The number of rotatable bonds is 0. The molecule has 6 N–H and O–H groups in total. The van der Waals surface area contributed by atoms with E-state index in [2.05, 4.69) is 0 Å². The Bertz CT molecular complexity index is 10.8. The van der Waals surface area contributed by atoms with Crippen molar-refractivity contribution in [3.05, 3.63) is 0 Å². The minimum atomic E-state index is 0. The Balaban J connectivity index is 0. The predicted molar refractivity (Wildman–Crippen MR) is 34.6 cm³/mol. The number of hydrogen-bond donors (Lipinski definition) is 0. The summed E-state index contributed by atoms with van der Waals surface area (Å²) in [5.41, 5.74) is 0. The summed E-state index contributed by atoms with van der Waals surface area (Å²) in [6.07, 6.45) is 0. The van der Waals surface area contributed by atoms with Crippen molar-refractivity contribution in [2.75, 3.05) is 0 Å². The second kappa shape index (κ2) is 369. The van der Waals surface area contributed by atoms with Gasteiger partial charge in [0.25, 0.3) is 0 Å². The molecule has 6 heteroatoms. The van der Waals surface area contributed by atoms with Crippen LogP contribution in [0.3, 0.4) is 0 Å². The lowest BCUT2D eigenvalue weighted by molar-refractivity contribution is 0.823. The Labute approximate surface area is 50.2 Å². The lowest BCUT2D eigenvalue weighted by Gasteiger charge is -0.413.